The number of esters is 1. The van der Waals surface area contributed by atoms with Crippen LogP contribution >= 0.6 is 0 Å². The van der Waals surface area contributed by atoms with Gasteiger partial charge in [-0.15, -0.1) is 0 Å². The van der Waals surface area contributed by atoms with Crippen LogP contribution in [0.5, 0.6) is 5.75 Å². The number of aromatic carboxylic acids is 1. The largest absolute Gasteiger partial charge is 0.482 e. The molecule has 0 atom stereocenters. The summed E-state index contributed by atoms with van der Waals surface area (Å²) in [5, 5.41) is 19.8. The normalized spacial score (nSPS) is 16.2. The first-order valence-electron chi connectivity index (χ1n) is 7.67. The average Bonchev–Trinajstić information content (AvgIpc) is 2.52. The molecule has 0 unspecified atom stereocenters. The zero-order valence-corrected chi connectivity index (χ0v) is 13.3. The van der Waals surface area contributed by atoms with Gasteiger partial charge in [-0.05, 0) is 38.7 Å². The van der Waals surface area contributed by atoms with Crippen molar-refractivity contribution in [2.24, 2.45) is 0 Å². The molecule has 0 bridgehead atoms. The zero-order chi connectivity index (χ0) is 17.7. The van der Waals surface area contributed by atoms with Gasteiger partial charge in [-0.3, -0.25) is 10.1 Å². The van der Waals surface area contributed by atoms with E-state index >= 15 is 0 Å². The van der Waals surface area contributed by atoms with Crippen molar-refractivity contribution < 1.29 is 29.1 Å². The molecule has 130 valence electrons. The van der Waals surface area contributed by atoms with Crippen molar-refractivity contribution in [3.8, 4) is 5.75 Å². The van der Waals surface area contributed by atoms with Crippen LogP contribution in [0, 0.1) is 10.1 Å². The van der Waals surface area contributed by atoms with Crippen LogP contribution in [0.3, 0.4) is 0 Å². The van der Waals surface area contributed by atoms with Gasteiger partial charge in [0.05, 0.1) is 4.92 Å². The molecule has 8 nitrogen and oxygen atoms in total. The van der Waals surface area contributed by atoms with Crippen molar-refractivity contribution >= 4 is 17.6 Å². The molecule has 1 aromatic rings. The fraction of sp³-hybridized carbons (Fsp3) is 0.500. The summed E-state index contributed by atoms with van der Waals surface area (Å²) in [6, 6.07) is 3.31. The van der Waals surface area contributed by atoms with Crippen LogP contribution in [0.25, 0.3) is 0 Å². The molecule has 8 heteroatoms. The Morgan fingerprint density at radius 2 is 1.96 bits per heavy atom. The Kier molecular flexibility index (Phi) is 5.38. The second-order valence-electron chi connectivity index (χ2n) is 6.01. The maximum atomic E-state index is 11.9. The first kappa shape index (κ1) is 17.7. The lowest BCUT2D eigenvalue weighted by Gasteiger charge is -2.33. The predicted molar refractivity (Wildman–Crippen MR) is 83.1 cm³/mol. The fourth-order valence-electron chi connectivity index (χ4n) is 2.78. The third kappa shape index (κ3) is 4.43. The number of carbonyl (C=O) groups excluding carboxylic acids is 1. The van der Waals surface area contributed by atoms with E-state index in [9.17, 15) is 19.7 Å². The monoisotopic (exact) mass is 337 g/mol. The summed E-state index contributed by atoms with van der Waals surface area (Å²) in [5.74, 6) is -1.93. The first-order valence-corrected chi connectivity index (χ1v) is 7.67. The molecule has 1 aromatic carbocycles. The molecule has 24 heavy (non-hydrogen) atoms. The summed E-state index contributed by atoms with van der Waals surface area (Å²) in [7, 11) is 0. The van der Waals surface area contributed by atoms with Crippen LogP contribution in [0.2, 0.25) is 0 Å². The summed E-state index contributed by atoms with van der Waals surface area (Å²) >= 11 is 0. The van der Waals surface area contributed by atoms with Crippen molar-refractivity contribution in [3.05, 3.63) is 33.9 Å². The predicted octanol–water partition coefficient (Wildman–Crippen LogP) is 2.94. The second-order valence-corrected chi connectivity index (χ2v) is 6.01. The molecule has 0 saturated heterocycles. The highest BCUT2D eigenvalue weighted by Crippen LogP contribution is 2.31. The number of nitro groups is 1. The molecule has 0 spiro atoms. The van der Waals surface area contributed by atoms with Gasteiger partial charge in [-0.25, -0.2) is 9.59 Å². The van der Waals surface area contributed by atoms with E-state index in [1.165, 1.54) is 6.07 Å². The number of carboxylic acid groups (broad SMARTS) is 1. The average molecular weight is 337 g/mol. The smallest absolute Gasteiger partial charge is 0.344 e. The summed E-state index contributed by atoms with van der Waals surface area (Å²) in [6.45, 7) is 1.50. The van der Waals surface area contributed by atoms with Crippen molar-refractivity contribution in [1.82, 2.24) is 0 Å². The molecule has 0 heterocycles. The number of rotatable bonds is 6. The van der Waals surface area contributed by atoms with Gasteiger partial charge < -0.3 is 14.6 Å². The number of nitrogens with zero attached hydrogens (tertiary/aromatic N) is 1. The molecule has 1 fully saturated rings. The van der Waals surface area contributed by atoms with E-state index in [0.29, 0.717) is 0 Å². The number of nitro benzene ring substituents is 1. The Balaban J connectivity index is 1.98. The minimum Gasteiger partial charge on any atom is -0.482 e. The number of ether oxygens (including phenoxy) is 2. The van der Waals surface area contributed by atoms with Gasteiger partial charge >= 0.3 is 11.9 Å². The van der Waals surface area contributed by atoms with Crippen molar-refractivity contribution in [3.63, 3.8) is 0 Å². The van der Waals surface area contributed by atoms with Gasteiger partial charge in [0, 0.05) is 12.1 Å². The van der Waals surface area contributed by atoms with E-state index < -0.39 is 33.7 Å². The van der Waals surface area contributed by atoms with Gasteiger partial charge in [0.1, 0.15) is 16.9 Å². The molecule has 1 N–H and O–H groups in total. The van der Waals surface area contributed by atoms with Crippen molar-refractivity contribution in [1.29, 1.82) is 0 Å². The highest BCUT2D eigenvalue weighted by Gasteiger charge is 2.31. The van der Waals surface area contributed by atoms with E-state index in [1.807, 2.05) is 6.92 Å². The van der Waals surface area contributed by atoms with Crippen LogP contribution < -0.4 is 4.74 Å². The lowest BCUT2D eigenvalue weighted by molar-refractivity contribution is -0.385. The van der Waals surface area contributed by atoms with Crippen molar-refractivity contribution in [2.45, 2.75) is 44.6 Å². The van der Waals surface area contributed by atoms with E-state index in [-0.39, 0.29) is 12.4 Å². The molecular weight excluding hydrogens is 318 g/mol. The number of carboxylic acids is 1. The number of hydrogen-bond donors (Lipinski definition) is 1. The van der Waals surface area contributed by atoms with E-state index in [4.69, 9.17) is 14.6 Å². The van der Waals surface area contributed by atoms with Gasteiger partial charge in [0.25, 0.3) is 5.69 Å². The van der Waals surface area contributed by atoms with Gasteiger partial charge in [0.2, 0.25) is 0 Å². The maximum absolute atomic E-state index is 11.9. The Morgan fingerprint density at radius 3 is 2.54 bits per heavy atom. The standard InChI is InChI=1S/C16H19NO7/c1-16(7-3-2-4-8-16)24-14(18)10-23-11-5-6-13(17(21)22)12(9-11)15(19)20/h5-6,9H,2-4,7-8,10H2,1H3,(H,19,20). The van der Waals surface area contributed by atoms with E-state index in [2.05, 4.69) is 0 Å². The van der Waals surface area contributed by atoms with Crippen LogP contribution in [0.1, 0.15) is 49.4 Å². The van der Waals surface area contributed by atoms with Gasteiger partial charge in [0.15, 0.2) is 6.61 Å². The number of benzene rings is 1. The molecule has 0 amide bonds. The Morgan fingerprint density at radius 1 is 1.29 bits per heavy atom. The highest BCUT2D eigenvalue weighted by atomic mass is 16.6. The summed E-state index contributed by atoms with van der Waals surface area (Å²) < 4.78 is 10.7. The third-order valence-corrected chi connectivity index (χ3v) is 4.02. The van der Waals surface area contributed by atoms with Crippen molar-refractivity contribution in [2.75, 3.05) is 6.61 Å². The summed E-state index contributed by atoms with van der Waals surface area (Å²) in [5.41, 5.74) is -1.52. The number of carbonyl (C=O) groups is 2. The maximum Gasteiger partial charge on any atom is 0.344 e. The van der Waals surface area contributed by atoms with Crippen LogP contribution in [-0.2, 0) is 9.53 Å². The first-order chi connectivity index (χ1) is 11.3. The fourth-order valence-corrected chi connectivity index (χ4v) is 2.78. The zero-order valence-electron chi connectivity index (χ0n) is 13.3. The third-order valence-electron chi connectivity index (χ3n) is 4.02. The molecular formula is C16H19NO7. The molecule has 0 aliphatic heterocycles. The summed E-state index contributed by atoms with van der Waals surface area (Å²) in [4.78, 5) is 33.0. The molecule has 1 aliphatic carbocycles. The van der Waals surface area contributed by atoms with Gasteiger partial charge in [-0.2, -0.15) is 0 Å². The second kappa shape index (κ2) is 7.29. The quantitative estimate of drug-likeness (QED) is 0.482. The van der Waals surface area contributed by atoms with E-state index in [1.54, 1.807) is 0 Å². The minimum absolute atomic E-state index is 0.0590. The minimum atomic E-state index is -1.44. The van der Waals surface area contributed by atoms with Crippen LogP contribution in [0.15, 0.2) is 18.2 Å². The molecule has 0 aromatic heterocycles. The lowest BCUT2D eigenvalue weighted by Crippen LogP contribution is -2.35. The molecule has 1 saturated carbocycles. The number of hydrogen-bond acceptors (Lipinski definition) is 6. The van der Waals surface area contributed by atoms with Crippen LogP contribution in [0.4, 0.5) is 5.69 Å². The SMILES string of the molecule is CC1(OC(=O)COc2ccc([N+](=O)[O-])c(C(=O)O)c2)CCCCC1. The van der Waals surface area contributed by atoms with E-state index in [0.717, 1.165) is 44.2 Å². The lowest BCUT2D eigenvalue weighted by atomic mass is 9.86. The molecule has 0 radical (unpaired) electrons. The van der Waals surface area contributed by atoms with Gasteiger partial charge in [-0.1, -0.05) is 6.42 Å². The Bertz CT molecular complexity index is 650. The highest BCUT2D eigenvalue weighted by molar-refractivity contribution is 5.92. The Hall–Kier alpha value is -2.64. The molecule has 2 rings (SSSR count). The topological polar surface area (TPSA) is 116 Å². The summed E-state index contributed by atoms with van der Waals surface area (Å²) in [6.07, 6.45) is 4.76. The Labute approximate surface area is 138 Å². The van der Waals surface area contributed by atoms with Crippen LogP contribution in [-0.4, -0.2) is 34.2 Å². The molecule has 1 aliphatic rings.